The Bertz CT molecular complexity index is 1560. The minimum absolute atomic E-state index is 0.0957. The lowest BCUT2D eigenvalue weighted by Crippen LogP contribution is -2.31. The molecule has 6 rings (SSSR count). The van der Waals surface area contributed by atoms with Gasteiger partial charge in [-0.15, -0.1) is 5.10 Å². The third-order valence-corrected chi connectivity index (χ3v) is 7.20. The summed E-state index contributed by atoms with van der Waals surface area (Å²) in [6, 6.07) is 22.2. The normalized spacial score (nSPS) is 17.9. The van der Waals surface area contributed by atoms with Crippen LogP contribution in [0.25, 0.3) is 0 Å². The molecule has 0 amide bonds. The fourth-order valence-corrected chi connectivity index (χ4v) is 5.34. The number of nitrogens with one attached hydrogen (secondary N) is 2. The standard InChI is InChI=1S/C31H30FN5O2/c1-31(2)15-27-29(28(38)16-31)30(34-26-10-6-5-9-25(26)33-27)20-11-13-23(14-12-20)39-19-22-18-37(36-35-22)17-21-7-3-4-8-24(21)32/h3-14,18,30,33-34H,15-17,19H2,1-2H3. The number of rotatable bonds is 6. The summed E-state index contributed by atoms with van der Waals surface area (Å²) in [5, 5.41) is 15.4. The number of carbonyl (C=O) groups excluding carboxylic acids is 1. The van der Waals surface area contributed by atoms with E-state index >= 15 is 0 Å². The van der Waals surface area contributed by atoms with Crippen molar-refractivity contribution in [2.45, 2.75) is 45.9 Å². The third kappa shape index (κ3) is 5.27. The molecule has 2 heterocycles. The Hall–Kier alpha value is -4.46. The molecule has 4 aromatic rings. The molecule has 8 heteroatoms. The fourth-order valence-electron chi connectivity index (χ4n) is 5.34. The highest BCUT2D eigenvalue weighted by atomic mass is 19.1. The largest absolute Gasteiger partial charge is 0.487 e. The van der Waals surface area contributed by atoms with E-state index in [9.17, 15) is 9.18 Å². The zero-order valence-electron chi connectivity index (χ0n) is 21.9. The van der Waals surface area contributed by atoms with E-state index in [0.29, 0.717) is 30.0 Å². The van der Waals surface area contributed by atoms with Crippen LogP contribution in [0.5, 0.6) is 5.75 Å². The summed E-state index contributed by atoms with van der Waals surface area (Å²) in [6.07, 6.45) is 3.07. The number of hydrogen-bond donors (Lipinski definition) is 2. The molecule has 0 fully saturated rings. The second-order valence-electron chi connectivity index (χ2n) is 10.9. The summed E-state index contributed by atoms with van der Waals surface area (Å²) in [4.78, 5) is 13.4. The van der Waals surface area contributed by atoms with Crippen molar-refractivity contribution in [1.29, 1.82) is 0 Å². The van der Waals surface area contributed by atoms with E-state index < -0.39 is 0 Å². The highest BCUT2D eigenvalue weighted by Gasteiger charge is 2.38. The molecule has 39 heavy (non-hydrogen) atoms. The van der Waals surface area contributed by atoms with E-state index in [4.69, 9.17) is 4.74 Å². The topological polar surface area (TPSA) is 81.1 Å². The maximum absolute atomic E-state index is 13.9. The number of fused-ring (bicyclic) bond motifs is 1. The maximum atomic E-state index is 13.9. The first-order valence-electron chi connectivity index (χ1n) is 13.1. The number of ether oxygens (including phenoxy) is 1. The van der Waals surface area contributed by atoms with Gasteiger partial charge in [0.2, 0.25) is 0 Å². The second-order valence-corrected chi connectivity index (χ2v) is 10.9. The quantitative estimate of drug-likeness (QED) is 0.310. The number of allylic oxidation sites excluding steroid dienone is 1. The van der Waals surface area contributed by atoms with Gasteiger partial charge in [0.15, 0.2) is 5.78 Å². The van der Waals surface area contributed by atoms with E-state index in [1.54, 1.807) is 29.1 Å². The number of aromatic nitrogens is 3. The van der Waals surface area contributed by atoms with Crippen LogP contribution in [0.2, 0.25) is 0 Å². The summed E-state index contributed by atoms with van der Waals surface area (Å²) in [5.41, 5.74) is 5.80. The Morgan fingerprint density at radius 1 is 1.00 bits per heavy atom. The van der Waals surface area contributed by atoms with Gasteiger partial charge in [0, 0.05) is 23.3 Å². The number of benzene rings is 3. The lowest BCUT2D eigenvalue weighted by Gasteiger charge is -2.34. The van der Waals surface area contributed by atoms with Crippen molar-refractivity contribution in [2.24, 2.45) is 5.41 Å². The molecular weight excluding hydrogens is 493 g/mol. The van der Waals surface area contributed by atoms with Gasteiger partial charge < -0.3 is 15.4 Å². The van der Waals surface area contributed by atoms with Gasteiger partial charge in [-0.3, -0.25) is 4.79 Å². The molecule has 0 radical (unpaired) electrons. The number of nitrogens with zero attached hydrogens (tertiary/aromatic N) is 3. The number of carbonyl (C=O) groups is 1. The fraction of sp³-hybridized carbons (Fsp3) is 0.258. The van der Waals surface area contributed by atoms with Crippen molar-refractivity contribution >= 4 is 17.2 Å². The van der Waals surface area contributed by atoms with E-state index in [0.717, 1.165) is 34.6 Å². The summed E-state index contributed by atoms with van der Waals surface area (Å²) >= 11 is 0. The van der Waals surface area contributed by atoms with Crippen molar-refractivity contribution in [3.8, 4) is 5.75 Å². The number of halogens is 1. The van der Waals surface area contributed by atoms with Crippen molar-refractivity contribution in [2.75, 3.05) is 10.6 Å². The number of para-hydroxylation sites is 2. The molecule has 2 aliphatic rings. The molecule has 1 aliphatic heterocycles. The van der Waals surface area contributed by atoms with Crippen LogP contribution in [-0.4, -0.2) is 20.8 Å². The predicted octanol–water partition coefficient (Wildman–Crippen LogP) is 6.27. The first kappa shape index (κ1) is 24.9. The average Bonchev–Trinajstić information content (AvgIpc) is 3.28. The molecule has 0 spiro atoms. The van der Waals surface area contributed by atoms with Crippen LogP contribution >= 0.6 is 0 Å². The SMILES string of the molecule is CC1(C)CC(=O)C2=C(C1)Nc1ccccc1NC2c1ccc(OCc2cn(Cc3ccccc3F)nn2)cc1. The van der Waals surface area contributed by atoms with Crippen LogP contribution in [-0.2, 0) is 17.9 Å². The zero-order valence-corrected chi connectivity index (χ0v) is 21.9. The van der Waals surface area contributed by atoms with Gasteiger partial charge >= 0.3 is 0 Å². The van der Waals surface area contributed by atoms with Crippen LogP contribution in [0.3, 0.4) is 0 Å². The lowest BCUT2D eigenvalue weighted by atomic mass is 9.73. The maximum Gasteiger partial charge on any atom is 0.163 e. The molecule has 2 N–H and O–H groups in total. The highest BCUT2D eigenvalue weighted by Crippen LogP contribution is 2.45. The minimum Gasteiger partial charge on any atom is -0.487 e. The summed E-state index contributed by atoms with van der Waals surface area (Å²) in [5.74, 6) is 0.576. The Kier molecular flexibility index (Phi) is 6.38. The number of hydrogen-bond acceptors (Lipinski definition) is 6. The minimum atomic E-state index is -0.271. The smallest absolute Gasteiger partial charge is 0.163 e. The van der Waals surface area contributed by atoms with Crippen LogP contribution in [0.4, 0.5) is 15.8 Å². The molecule has 7 nitrogen and oxygen atoms in total. The summed E-state index contributed by atoms with van der Waals surface area (Å²) < 4.78 is 21.5. The monoisotopic (exact) mass is 523 g/mol. The van der Waals surface area contributed by atoms with E-state index in [1.807, 2.05) is 48.5 Å². The Morgan fingerprint density at radius 3 is 2.54 bits per heavy atom. The zero-order chi connectivity index (χ0) is 27.0. The van der Waals surface area contributed by atoms with E-state index in [2.05, 4.69) is 34.8 Å². The Balaban J connectivity index is 1.19. The Labute approximate surface area is 226 Å². The van der Waals surface area contributed by atoms with Gasteiger partial charge in [-0.25, -0.2) is 9.07 Å². The van der Waals surface area contributed by atoms with Crippen LogP contribution in [0.1, 0.15) is 49.6 Å². The molecule has 198 valence electrons. The lowest BCUT2D eigenvalue weighted by molar-refractivity contribution is -0.118. The first-order chi connectivity index (χ1) is 18.8. The van der Waals surface area contributed by atoms with E-state index in [1.165, 1.54) is 6.07 Å². The molecule has 0 saturated heterocycles. The summed E-state index contributed by atoms with van der Waals surface area (Å²) in [6.45, 7) is 4.81. The van der Waals surface area contributed by atoms with Gasteiger partial charge in [0.05, 0.1) is 30.2 Å². The van der Waals surface area contributed by atoms with Gasteiger partial charge in [-0.1, -0.05) is 61.5 Å². The average molecular weight is 524 g/mol. The first-order valence-corrected chi connectivity index (χ1v) is 13.1. The Morgan fingerprint density at radius 2 is 1.74 bits per heavy atom. The number of anilines is 2. The van der Waals surface area contributed by atoms with Gasteiger partial charge in [-0.05, 0) is 47.7 Å². The molecule has 1 aliphatic carbocycles. The number of Topliss-reactive ketones (excluding diaryl/α,β-unsaturated/α-hetero) is 1. The molecule has 1 atom stereocenters. The van der Waals surface area contributed by atoms with Crippen molar-refractivity contribution in [1.82, 2.24) is 15.0 Å². The van der Waals surface area contributed by atoms with Crippen molar-refractivity contribution < 1.29 is 13.9 Å². The molecule has 0 bridgehead atoms. The van der Waals surface area contributed by atoms with Gasteiger partial charge in [-0.2, -0.15) is 0 Å². The van der Waals surface area contributed by atoms with Crippen molar-refractivity contribution in [3.05, 3.63) is 113 Å². The molecule has 0 saturated carbocycles. The highest BCUT2D eigenvalue weighted by molar-refractivity contribution is 6.01. The molecule has 1 aromatic heterocycles. The summed E-state index contributed by atoms with van der Waals surface area (Å²) in [7, 11) is 0. The third-order valence-electron chi connectivity index (χ3n) is 7.20. The van der Waals surface area contributed by atoms with E-state index in [-0.39, 0.29) is 29.7 Å². The van der Waals surface area contributed by atoms with Crippen molar-refractivity contribution in [3.63, 3.8) is 0 Å². The number of ketones is 1. The molecular formula is C31H30FN5O2. The predicted molar refractivity (Wildman–Crippen MR) is 148 cm³/mol. The molecule has 1 unspecified atom stereocenters. The van der Waals surface area contributed by atoms with Crippen LogP contribution in [0.15, 0.2) is 90.3 Å². The van der Waals surface area contributed by atoms with Crippen LogP contribution < -0.4 is 15.4 Å². The van der Waals surface area contributed by atoms with Crippen LogP contribution in [0, 0.1) is 11.2 Å². The van der Waals surface area contributed by atoms with Gasteiger partial charge in [0.25, 0.3) is 0 Å². The molecule has 3 aromatic carbocycles. The van der Waals surface area contributed by atoms with Gasteiger partial charge in [0.1, 0.15) is 23.9 Å². The second kappa shape index (κ2) is 10.0.